The molecule has 2 aliphatic heterocycles. The maximum atomic E-state index is 13.8. The van der Waals surface area contributed by atoms with Crippen LogP contribution in [0.25, 0.3) is 0 Å². The third-order valence-corrected chi connectivity index (χ3v) is 5.52. The first-order valence-electron chi connectivity index (χ1n) is 9.89. The molecule has 1 saturated heterocycles. The molecule has 7 nitrogen and oxygen atoms in total. The van der Waals surface area contributed by atoms with Crippen molar-refractivity contribution in [3.05, 3.63) is 46.2 Å². The van der Waals surface area contributed by atoms with Gasteiger partial charge in [-0.2, -0.15) is 18.2 Å². The molecule has 2 aliphatic rings. The SMILES string of the molecule is O=c1cc(N2CCOCC2)nc2n1CC[C@@H](C(F)(F)F)N2CCc1ccc(O)cc1. The Balaban J connectivity index is 1.68. The summed E-state index contributed by atoms with van der Waals surface area (Å²) >= 11 is 0. The highest BCUT2D eigenvalue weighted by Crippen LogP contribution is 2.34. The number of nitrogens with zero attached hydrogens (tertiary/aromatic N) is 4. The molecule has 162 valence electrons. The van der Waals surface area contributed by atoms with Crippen LogP contribution < -0.4 is 15.4 Å². The molecule has 0 bridgehead atoms. The van der Waals surface area contributed by atoms with Crippen molar-refractivity contribution in [2.75, 3.05) is 42.6 Å². The van der Waals surface area contributed by atoms with Gasteiger partial charge in [0, 0.05) is 32.2 Å². The summed E-state index contributed by atoms with van der Waals surface area (Å²) in [5.41, 5.74) is 0.439. The second-order valence-electron chi connectivity index (χ2n) is 7.46. The quantitative estimate of drug-likeness (QED) is 0.811. The van der Waals surface area contributed by atoms with Crippen LogP contribution in [0, 0.1) is 0 Å². The molecule has 0 radical (unpaired) electrons. The second kappa shape index (κ2) is 8.17. The molecule has 1 fully saturated rings. The summed E-state index contributed by atoms with van der Waals surface area (Å²) < 4.78 is 48.0. The Hall–Kier alpha value is -2.75. The molecule has 3 heterocycles. The molecular weight excluding hydrogens is 401 g/mol. The van der Waals surface area contributed by atoms with E-state index in [1.807, 2.05) is 4.90 Å². The van der Waals surface area contributed by atoms with E-state index in [1.165, 1.54) is 27.7 Å². The lowest BCUT2D eigenvalue weighted by molar-refractivity contribution is -0.152. The van der Waals surface area contributed by atoms with E-state index in [9.17, 15) is 23.1 Å². The number of hydrogen-bond donors (Lipinski definition) is 1. The van der Waals surface area contributed by atoms with Gasteiger partial charge in [0.05, 0.1) is 13.2 Å². The normalized spacial score (nSPS) is 19.6. The predicted octanol–water partition coefficient (Wildman–Crippen LogP) is 2.17. The van der Waals surface area contributed by atoms with E-state index in [0.29, 0.717) is 38.5 Å². The number of phenols is 1. The van der Waals surface area contributed by atoms with Gasteiger partial charge in [0.25, 0.3) is 5.56 Å². The number of benzene rings is 1. The van der Waals surface area contributed by atoms with Crippen molar-refractivity contribution in [3.8, 4) is 5.75 Å². The molecule has 0 amide bonds. The van der Waals surface area contributed by atoms with E-state index in [-0.39, 0.29) is 36.8 Å². The minimum absolute atomic E-state index is 0.0234. The first-order valence-corrected chi connectivity index (χ1v) is 9.89. The largest absolute Gasteiger partial charge is 0.508 e. The lowest BCUT2D eigenvalue weighted by Gasteiger charge is -2.39. The number of alkyl halides is 3. The Labute approximate surface area is 171 Å². The number of anilines is 2. The molecular formula is C20H23F3N4O3. The number of ether oxygens (including phenoxy) is 1. The van der Waals surface area contributed by atoms with E-state index >= 15 is 0 Å². The van der Waals surface area contributed by atoms with Crippen LogP contribution in [0.15, 0.2) is 35.1 Å². The monoisotopic (exact) mass is 424 g/mol. The van der Waals surface area contributed by atoms with Crippen molar-refractivity contribution in [3.63, 3.8) is 0 Å². The fraction of sp³-hybridized carbons (Fsp3) is 0.500. The van der Waals surface area contributed by atoms with E-state index < -0.39 is 12.2 Å². The van der Waals surface area contributed by atoms with Gasteiger partial charge in [-0.25, -0.2) is 0 Å². The molecule has 30 heavy (non-hydrogen) atoms. The zero-order valence-corrected chi connectivity index (χ0v) is 16.3. The van der Waals surface area contributed by atoms with Crippen molar-refractivity contribution >= 4 is 11.8 Å². The van der Waals surface area contributed by atoms with Crippen molar-refractivity contribution < 1.29 is 23.0 Å². The summed E-state index contributed by atoms with van der Waals surface area (Å²) in [6.45, 7) is 2.06. The van der Waals surface area contributed by atoms with Gasteiger partial charge >= 0.3 is 6.18 Å². The van der Waals surface area contributed by atoms with Crippen LogP contribution in [0.4, 0.5) is 24.9 Å². The Kier molecular flexibility index (Phi) is 5.59. The van der Waals surface area contributed by atoms with Crippen molar-refractivity contribution in [2.45, 2.75) is 31.6 Å². The Bertz CT molecular complexity index is 940. The lowest BCUT2D eigenvalue weighted by Crippen LogP contribution is -2.53. The van der Waals surface area contributed by atoms with Crippen LogP contribution in [0.2, 0.25) is 0 Å². The van der Waals surface area contributed by atoms with Crippen LogP contribution in [0.3, 0.4) is 0 Å². The molecule has 10 heteroatoms. The average Bonchev–Trinajstić information content (AvgIpc) is 2.73. The highest BCUT2D eigenvalue weighted by Gasteiger charge is 2.46. The molecule has 1 N–H and O–H groups in total. The fourth-order valence-corrected chi connectivity index (χ4v) is 3.92. The zero-order chi connectivity index (χ0) is 21.3. The maximum Gasteiger partial charge on any atom is 0.408 e. The Morgan fingerprint density at radius 1 is 1.13 bits per heavy atom. The first-order chi connectivity index (χ1) is 14.3. The third-order valence-electron chi connectivity index (χ3n) is 5.52. The summed E-state index contributed by atoms with van der Waals surface area (Å²) in [5, 5.41) is 9.42. The molecule has 0 aliphatic carbocycles. The van der Waals surface area contributed by atoms with Gasteiger partial charge in [-0.05, 0) is 30.5 Å². The van der Waals surface area contributed by atoms with Gasteiger partial charge in [-0.15, -0.1) is 0 Å². The molecule has 1 atom stereocenters. The van der Waals surface area contributed by atoms with E-state index in [4.69, 9.17) is 4.74 Å². The topological polar surface area (TPSA) is 70.8 Å². The van der Waals surface area contributed by atoms with Crippen LogP contribution in [0.5, 0.6) is 5.75 Å². The minimum atomic E-state index is -4.44. The minimum Gasteiger partial charge on any atom is -0.508 e. The van der Waals surface area contributed by atoms with Gasteiger partial charge in [-0.1, -0.05) is 12.1 Å². The van der Waals surface area contributed by atoms with Gasteiger partial charge in [0.15, 0.2) is 0 Å². The molecule has 0 spiro atoms. The number of morpholine rings is 1. The van der Waals surface area contributed by atoms with Gasteiger partial charge in [0.2, 0.25) is 5.95 Å². The molecule has 1 aromatic carbocycles. The number of rotatable bonds is 4. The van der Waals surface area contributed by atoms with E-state index in [2.05, 4.69) is 4.98 Å². The van der Waals surface area contributed by atoms with Crippen molar-refractivity contribution in [1.82, 2.24) is 9.55 Å². The molecule has 0 saturated carbocycles. The summed E-state index contributed by atoms with van der Waals surface area (Å²) in [5.74, 6) is 0.530. The number of phenolic OH excluding ortho intramolecular Hbond substituents is 1. The summed E-state index contributed by atoms with van der Waals surface area (Å²) in [7, 11) is 0. The number of aromatic hydroxyl groups is 1. The smallest absolute Gasteiger partial charge is 0.408 e. The molecule has 2 aromatic rings. The van der Waals surface area contributed by atoms with Crippen LogP contribution in [0.1, 0.15) is 12.0 Å². The van der Waals surface area contributed by atoms with Crippen LogP contribution in [-0.4, -0.2) is 59.7 Å². The molecule has 1 aromatic heterocycles. The number of fused-ring (bicyclic) bond motifs is 1. The van der Waals surface area contributed by atoms with Crippen molar-refractivity contribution in [1.29, 1.82) is 0 Å². The summed E-state index contributed by atoms with van der Waals surface area (Å²) in [4.78, 5) is 20.2. The Morgan fingerprint density at radius 3 is 2.50 bits per heavy atom. The maximum absolute atomic E-state index is 13.8. The van der Waals surface area contributed by atoms with E-state index in [1.54, 1.807) is 12.1 Å². The van der Waals surface area contributed by atoms with Crippen LogP contribution >= 0.6 is 0 Å². The predicted molar refractivity (Wildman–Crippen MR) is 105 cm³/mol. The van der Waals surface area contributed by atoms with Gasteiger partial charge < -0.3 is 19.6 Å². The number of aromatic nitrogens is 2. The standard InChI is InChI=1S/C20H23F3N4O3/c21-20(22,23)16-6-8-27-18(29)13-17(25-9-11-30-12-10-25)24-19(27)26(16)7-5-14-1-3-15(28)4-2-14/h1-4,13,16,28H,5-12H2/t16-/m0/s1. The van der Waals surface area contributed by atoms with Crippen molar-refractivity contribution in [2.24, 2.45) is 0 Å². The third kappa shape index (κ3) is 4.23. The van der Waals surface area contributed by atoms with Gasteiger partial charge in [-0.3, -0.25) is 9.36 Å². The first kappa shape index (κ1) is 20.5. The highest BCUT2D eigenvalue weighted by atomic mass is 19.4. The molecule has 0 unspecified atom stereocenters. The fourth-order valence-electron chi connectivity index (χ4n) is 3.92. The van der Waals surface area contributed by atoms with E-state index in [0.717, 1.165) is 5.56 Å². The molecule has 4 rings (SSSR count). The van der Waals surface area contributed by atoms with Gasteiger partial charge in [0.1, 0.15) is 17.6 Å². The summed E-state index contributed by atoms with van der Waals surface area (Å²) in [6.07, 6.45) is -4.32. The zero-order valence-electron chi connectivity index (χ0n) is 16.3. The summed E-state index contributed by atoms with van der Waals surface area (Å²) in [6, 6.07) is 6.03. The second-order valence-corrected chi connectivity index (χ2v) is 7.46. The Morgan fingerprint density at radius 2 is 1.83 bits per heavy atom. The number of halogens is 3. The highest BCUT2D eigenvalue weighted by molar-refractivity contribution is 5.47. The lowest BCUT2D eigenvalue weighted by atomic mass is 10.1. The number of hydrogen-bond acceptors (Lipinski definition) is 6. The van der Waals surface area contributed by atoms with Crippen LogP contribution in [-0.2, 0) is 17.7 Å². The average molecular weight is 424 g/mol.